The van der Waals surface area contributed by atoms with Gasteiger partial charge in [-0.15, -0.1) is 13.2 Å². The lowest BCUT2D eigenvalue weighted by molar-refractivity contribution is -0.274. The van der Waals surface area contributed by atoms with Gasteiger partial charge >= 0.3 is 6.36 Å². The highest BCUT2D eigenvalue weighted by molar-refractivity contribution is 5.30. The number of nitrogens with two attached hydrogens (primary N) is 1. The highest BCUT2D eigenvalue weighted by Gasteiger charge is 2.31. The van der Waals surface area contributed by atoms with Crippen LogP contribution < -0.4 is 10.5 Å². The molecule has 2 N–H and O–H groups in total. The molecule has 0 saturated carbocycles. The molecule has 1 aromatic carbocycles. The first-order valence-corrected chi connectivity index (χ1v) is 6.69. The highest BCUT2D eigenvalue weighted by atomic mass is 19.4. The second-order valence-corrected chi connectivity index (χ2v) is 4.54. The second-order valence-electron chi connectivity index (χ2n) is 4.54. The van der Waals surface area contributed by atoms with Crippen LogP contribution in [0.15, 0.2) is 24.3 Å². The van der Waals surface area contributed by atoms with Gasteiger partial charge in [0.05, 0.1) is 0 Å². The molecule has 0 spiro atoms. The minimum Gasteiger partial charge on any atom is -0.406 e. The fourth-order valence-corrected chi connectivity index (χ4v) is 1.97. The van der Waals surface area contributed by atoms with Gasteiger partial charge in [-0.1, -0.05) is 26.0 Å². The van der Waals surface area contributed by atoms with E-state index < -0.39 is 6.36 Å². The van der Waals surface area contributed by atoms with Gasteiger partial charge < -0.3 is 15.4 Å². The van der Waals surface area contributed by atoms with Gasteiger partial charge in [0, 0.05) is 6.04 Å². The molecule has 0 aromatic heterocycles. The Hall–Kier alpha value is -1.27. The molecule has 0 aliphatic rings. The van der Waals surface area contributed by atoms with E-state index in [4.69, 9.17) is 5.73 Å². The van der Waals surface area contributed by atoms with Gasteiger partial charge in [0.15, 0.2) is 0 Å². The Morgan fingerprint density at radius 1 is 1.25 bits per heavy atom. The van der Waals surface area contributed by atoms with Crippen molar-refractivity contribution >= 4 is 0 Å². The lowest BCUT2D eigenvalue weighted by atomic mass is 10.0. The zero-order chi connectivity index (χ0) is 15.2. The summed E-state index contributed by atoms with van der Waals surface area (Å²) < 4.78 is 40.4. The largest absolute Gasteiger partial charge is 0.573 e. The van der Waals surface area contributed by atoms with Gasteiger partial charge in [-0.05, 0) is 43.8 Å². The molecule has 0 fully saturated rings. The zero-order valence-corrected chi connectivity index (χ0v) is 11.8. The first-order chi connectivity index (χ1) is 9.35. The van der Waals surface area contributed by atoms with Crippen LogP contribution in [0.1, 0.15) is 31.9 Å². The number of hydrogen-bond acceptors (Lipinski definition) is 3. The highest BCUT2D eigenvalue weighted by Crippen LogP contribution is 2.25. The number of alkyl halides is 3. The number of nitrogens with zero attached hydrogens (tertiary/aromatic N) is 1. The Labute approximate surface area is 117 Å². The topological polar surface area (TPSA) is 38.5 Å². The van der Waals surface area contributed by atoms with Crippen molar-refractivity contribution in [2.75, 3.05) is 19.6 Å². The summed E-state index contributed by atoms with van der Waals surface area (Å²) in [5.41, 5.74) is 6.67. The number of benzene rings is 1. The summed E-state index contributed by atoms with van der Waals surface area (Å²) in [5.74, 6) is -0.228. The van der Waals surface area contributed by atoms with Gasteiger partial charge in [0.2, 0.25) is 0 Å². The van der Waals surface area contributed by atoms with E-state index in [-0.39, 0.29) is 11.8 Å². The van der Waals surface area contributed by atoms with E-state index in [1.165, 1.54) is 18.2 Å². The third-order valence-corrected chi connectivity index (χ3v) is 3.17. The Morgan fingerprint density at radius 3 is 2.45 bits per heavy atom. The maximum atomic E-state index is 12.2. The molecular formula is C14H21F3N2O. The lowest BCUT2D eigenvalue weighted by Crippen LogP contribution is -2.27. The molecule has 20 heavy (non-hydrogen) atoms. The van der Waals surface area contributed by atoms with Crippen molar-refractivity contribution in [1.29, 1.82) is 0 Å². The van der Waals surface area contributed by atoms with E-state index in [1.54, 1.807) is 6.07 Å². The Bertz CT molecular complexity index is 406. The van der Waals surface area contributed by atoms with E-state index in [2.05, 4.69) is 23.5 Å². The van der Waals surface area contributed by atoms with Crippen molar-refractivity contribution in [1.82, 2.24) is 4.90 Å². The van der Waals surface area contributed by atoms with Crippen molar-refractivity contribution in [3.05, 3.63) is 29.8 Å². The number of halogens is 3. The van der Waals surface area contributed by atoms with E-state index >= 15 is 0 Å². The molecule has 0 aliphatic carbocycles. The average Bonchev–Trinajstić information content (AvgIpc) is 2.38. The van der Waals surface area contributed by atoms with E-state index in [0.717, 1.165) is 19.6 Å². The van der Waals surface area contributed by atoms with Crippen LogP contribution in [0.5, 0.6) is 5.75 Å². The van der Waals surface area contributed by atoms with Crippen molar-refractivity contribution in [2.24, 2.45) is 5.73 Å². The quantitative estimate of drug-likeness (QED) is 0.837. The van der Waals surface area contributed by atoms with Crippen LogP contribution in [-0.2, 0) is 0 Å². The monoisotopic (exact) mass is 290 g/mol. The van der Waals surface area contributed by atoms with Crippen LogP contribution in [0.3, 0.4) is 0 Å². The first kappa shape index (κ1) is 16.8. The molecule has 0 saturated heterocycles. The van der Waals surface area contributed by atoms with Gasteiger partial charge in [-0.3, -0.25) is 0 Å². The SMILES string of the molecule is CCN(CC)CCC(N)c1cccc(OC(F)(F)F)c1. The van der Waals surface area contributed by atoms with E-state index in [1.807, 2.05) is 0 Å². The molecule has 0 heterocycles. The molecule has 0 amide bonds. The van der Waals surface area contributed by atoms with Gasteiger partial charge in [0.1, 0.15) is 5.75 Å². The molecule has 3 nitrogen and oxygen atoms in total. The van der Waals surface area contributed by atoms with E-state index in [0.29, 0.717) is 12.0 Å². The lowest BCUT2D eigenvalue weighted by Gasteiger charge is -2.21. The summed E-state index contributed by atoms with van der Waals surface area (Å²) >= 11 is 0. The van der Waals surface area contributed by atoms with Crippen LogP contribution in [0, 0.1) is 0 Å². The normalized spacial score (nSPS) is 13.6. The molecule has 1 unspecified atom stereocenters. The summed E-state index contributed by atoms with van der Waals surface area (Å²) in [7, 11) is 0. The Kier molecular flexibility index (Phi) is 6.29. The van der Waals surface area contributed by atoms with Crippen LogP contribution in [0.4, 0.5) is 13.2 Å². The second kappa shape index (κ2) is 7.50. The molecule has 1 rings (SSSR count). The maximum absolute atomic E-state index is 12.2. The summed E-state index contributed by atoms with van der Waals surface area (Å²) in [4.78, 5) is 2.22. The van der Waals surface area contributed by atoms with Crippen LogP contribution in [0.2, 0.25) is 0 Å². The summed E-state index contributed by atoms with van der Waals surface area (Å²) in [6, 6.07) is 5.56. The van der Waals surface area contributed by atoms with Gasteiger partial charge in [0.25, 0.3) is 0 Å². The molecule has 0 bridgehead atoms. The molecule has 1 atom stereocenters. The van der Waals surface area contributed by atoms with Crippen molar-refractivity contribution in [2.45, 2.75) is 32.7 Å². The average molecular weight is 290 g/mol. The van der Waals surface area contributed by atoms with Crippen LogP contribution in [0.25, 0.3) is 0 Å². The van der Waals surface area contributed by atoms with Crippen LogP contribution in [-0.4, -0.2) is 30.9 Å². The molecule has 114 valence electrons. The predicted molar refractivity (Wildman–Crippen MR) is 72.5 cm³/mol. The van der Waals surface area contributed by atoms with Gasteiger partial charge in [-0.2, -0.15) is 0 Å². The van der Waals surface area contributed by atoms with Crippen molar-refractivity contribution < 1.29 is 17.9 Å². The Morgan fingerprint density at radius 2 is 1.90 bits per heavy atom. The Balaban J connectivity index is 2.64. The summed E-state index contributed by atoms with van der Waals surface area (Å²) in [6.07, 6.45) is -3.99. The first-order valence-electron chi connectivity index (χ1n) is 6.69. The third-order valence-electron chi connectivity index (χ3n) is 3.17. The maximum Gasteiger partial charge on any atom is 0.573 e. The zero-order valence-electron chi connectivity index (χ0n) is 11.8. The summed E-state index contributed by atoms with van der Waals surface area (Å²) in [5, 5.41) is 0. The van der Waals surface area contributed by atoms with Crippen LogP contribution >= 0.6 is 0 Å². The smallest absolute Gasteiger partial charge is 0.406 e. The number of rotatable bonds is 7. The number of hydrogen-bond donors (Lipinski definition) is 1. The standard InChI is InChI=1S/C14H21F3N2O/c1-3-19(4-2)9-8-13(18)11-6-5-7-12(10-11)20-14(15,16)17/h5-7,10,13H,3-4,8-9,18H2,1-2H3. The predicted octanol–water partition coefficient (Wildman–Crippen LogP) is 3.32. The molecule has 0 radical (unpaired) electrons. The molecule has 6 heteroatoms. The summed E-state index contributed by atoms with van der Waals surface area (Å²) in [6.45, 7) is 6.80. The fourth-order valence-electron chi connectivity index (χ4n) is 1.97. The number of ether oxygens (including phenoxy) is 1. The minimum atomic E-state index is -4.68. The van der Waals surface area contributed by atoms with E-state index in [9.17, 15) is 13.2 Å². The van der Waals surface area contributed by atoms with Gasteiger partial charge in [-0.25, -0.2) is 0 Å². The molecular weight excluding hydrogens is 269 g/mol. The van der Waals surface area contributed by atoms with Crippen molar-refractivity contribution in [3.8, 4) is 5.75 Å². The fraction of sp³-hybridized carbons (Fsp3) is 0.571. The van der Waals surface area contributed by atoms with Crippen molar-refractivity contribution in [3.63, 3.8) is 0 Å². The molecule has 1 aromatic rings. The third kappa shape index (κ3) is 5.79. The minimum absolute atomic E-state index is 0.228. The molecule has 0 aliphatic heterocycles.